The summed E-state index contributed by atoms with van der Waals surface area (Å²) in [5.74, 6) is 0.0532. The van der Waals surface area contributed by atoms with Crippen LogP contribution in [0.4, 0.5) is 0 Å². The van der Waals surface area contributed by atoms with Crippen LogP contribution in [0.15, 0.2) is 0 Å². The number of nitrogens with one attached hydrogen (secondary N) is 1. The van der Waals surface area contributed by atoms with E-state index in [0.717, 1.165) is 0 Å². The molecule has 0 fully saturated rings. The van der Waals surface area contributed by atoms with Crippen LogP contribution in [0, 0.1) is 0 Å². The predicted molar refractivity (Wildman–Crippen MR) is 32.1 cm³/mol. The van der Waals surface area contributed by atoms with Crippen molar-refractivity contribution >= 4 is 11.1 Å². The quantitative estimate of drug-likeness (QED) is 0.548. The van der Waals surface area contributed by atoms with Crippen molar-refractivity contribution in [3.63, 3.8) is 0 Å². The van der Waals surface area contributed by atoms with Gasteiger partial charge in [-0.2, -0.15) is 0 Å². The lowest BCUT2D eigenvalue weighted by Crippen LogP contribution is -2.26. The summed E-state index contributed by atoms with van der Waals surface area (Å²) in [6, 6.07) is 0.243. The Bertz CT molecular complexity index is 84.1. The van der Waals surface area contributed by atoms with Crippen molar-refractivity contribution in [2.75, 3.05) is 5.88 Å². The summed E-state index contributed by atoms with van der Waals surface area (Å²) < 4.78 is 19.7. The minimum atomic E-state index is -1.95. The van der Waals surface area contributed by atoms with Crippen LogP contribution in [0.3, 0.4) is 0 Å². The molecule has 0 aromatic heterocycles. The molecule has 0 aliphatic heterocycles. The first-order valence-corrected chi connectivity index (χ1v) is 3.66. The molecule has 0 radical (unpaired) electrons. The first-order chi connectivity index (χ1) is 3.63. The summed E-state index contributed by atoms with van der Waals surface area (Å²) in [5.41, 5.74) is 0. The van der Waals surface area contributed by atoms with E-state index >= 15 is 0 Å². The maximum absolute atomic E-state index is 9.84. The van der Waals surface area contributed by atoms with Crippen LogP contribution in [0.1, 0.15) is 13.8 Å². The van der Waals surface area contributed by atoms with Gasteiger partial charge in [-0.15, -0.1) is 0 Å². The molecule has 0 bridgehead atoms. The molecule has 0 amide bonds. The lowest BCUT2D eigenvalue weighted by Gasteiger charge is -2.08. The fraction of sp³-hybridized carbons (Fsp3) is 1.00. The number of hydrogen-bond donors (Lipinski definition) is 1. The van der Waals surface area contributed by atoms with Crippen LogP contribution in [0.5, 0.6) is 0 Å². The van der Waals surface area contributed by atoms with Gasteiger partial charge in [0.2, 0.25) is 0 Å². The zero-order valence-electron chi connectivity index (χ0n) is 5.01. The van der Waals surface area contributed by atoms with Crippen LogP contribution in [-0.2, 0) is 11.1 Å². The van der Waals surface area contributed by atoms with E-state index in [1.54, 1.807) is 0 Å². The van der Waals surface area contributed by atoms with Crippen molar-refractivity contribution < 1.29 is 8.76 Å². The van der Waals surface area contributed by atoms with Gasteiger partial charge in [-0.1, -0.05) is 13.8 Å². The van der Waals surface area contributed by atoms with E-state index in [4.69, 9.17) is 0 Å². The summed E-state index contributed by atoms with van der Waals surface area (Å²) in [5, 5.41) is 2.73. The molecule has 1 N–H and O–H groups in total. The molecule has 0 aliphatic carbocycles. The molecule has 0 saturated carbocycles. The molecule has 0 saturated heterocycles. The van der Waals surface area contributed by atoms with E-state index < -0.39 is 11.1 Å². The van der Waals surface area contributed by atoms with Crippen molar-refractivity contribution in [1.82, 2.24) is 5.32 Å². The highest BCUT2D eigenvalue weighted by Gasteiger charge is 1.87. The Morgan fingerprint density at radius 2 is 2.25 bits per heavy atom. The molecule has 1 atom stereocenters. The van der Waals surface area contributed by atoms with Gasteiger partial charge in [0.1, 0.15) is 0 Å². The van der Waals surface area contributed by atoms with Crippen molar-refractivity contribution in [1.29, 1.82) is 0 Å². The van der Waals surface area contributed by atoms with Crippen LogP contribution in [0.25, 0.3) is 0 Å². The van der Waals surface area contributed by atoms with Crippen LogP contribution >= 0.6 is 0 Å². The van der Waals surface area contributed by atoms with Gasteiger partial charge in [-0.25, -0.2) is 0 Å². The Balaban J connectivity index is 3.05. The third-order valence-corrected chi connectivity index (χ3v) is 1.01. The molecule has 3 nitrogen and oxygen atoms in total. The van der Waals surface area contributed by atoms with Crippen molar-refractivity contribution in [2.45, 2.75) is 19.9 Å². The minimum absolute atomic E-state index is 0.0532. The Morgan fingerprint density at radius 1 is 1.75 bits per heavy atom. The lowest BCUT2D eigenvalue weighted by molar-refractivity contribution is 0.522. The molecule has 0 spiro atoms. The van der Waals surface area contributed by atoms with E-state index in [1.165, 1.54) is 0 Å². The molecule has 0 aliphatic rings. The van der Waals surface area contributed by atoms with E-state index in [1.807, 2.05) is 13.8 Å². The predicted octanol–water partition coefficient (Wildman–Crippen LogP) is -0.179. The van der Waals surface area contributed by atoms with Gasteiger partial charge < -0.3 is 9.87 Å². The fourth-order valence-corrected chi connectivity index (χ4v) is 0.704. The third kappa shape index (κ3) is 6.07. The highest BCUT2D eigenvalue weighted by molar-refractivity contribution is 7.79. The monoisotopic (exact) mass is 136 g/mol. The average Bonchev–Trinajstić information content (AvgIpc) is 1.61. The average molecular weight is 136 g/mol. The molecular formula is C4H10NO2S-. The number of rotatable bonds is 3. The zero-order chi connectivity index (χ0) is 6.57. The molecule has 0 rings (SSSR count). The molecular weight excluding hydrogens is 126 g/mol. The second-order valence-electron chi connectivity index (χ2n) is 1.81. The Labute approximate surface area is 51.8 Å². The van der Waals surface area contributed by atoms with Crippen molar-refractivity contribution in [3.05, 3.63) is 0 Å². The van der Waals surface area contributed by atoms with E-state index in [2.05, 4.69) is 5.32 Å². The van der Waals surface area contributed by atoms with Gasteiger partial charge >= 0.3 is 0 Å². The van der Waals surface area contributed by atoms with Crippen molar-refractivity contribution in [2.24, 2.45) is 0 Å². The third-order valence-electron chi connectivity index (χ3n) is 0.609. The molecule has 1 unspecified atom stereocenters. The topological polar surface area (TPSA) is 52.2 Å². The van der Waals surface area contributed by atoms with Crippen molar-refractivity contribution in [3.8, 4) is 0 Å². The molecule has 4 heteroatoms. The van der Waals surface area contributed by atoms with Crippen LogP contribution < -0.4 is 5.32 Å². The Kier molecular flexibility index (Phi) is 4.03. The van der Waals surface area contributed by atoms with Gasteiger partial charge in [0.15, 0.2) is 0 Å². The highest BCUT2D eigenvalue weighted by Crippen LogP contribution is 1.75. The summed E-state index contributed by atoms with van der Waals surface area (Å²) in [6.07, 6.45) is 0. The standard InChI is InChI=1S/C4H11NO2S/c1-4(2)5-3-8(6)7/h4-5H,3H2,1-2H3,(H,6,7)/p-1. The summed E-state index contributed by atoms with van der Waals surface area (Å²) in [4.78, 5) is 0. The van der Waals surface area contributed by atoms with Crippen LogP contribution in [0.2, 0.25) is 0 Å². The second kappa shape index (κ2) is 4.00. The van der Waals surface area contributed by atoms with Gasteiger partial charge in [-0.3, -0.25) is 4.21 Å². The Morgan fingerprint density at radius 3 is 2.38 bits per heavy atom. The molecule has 0 heterocycles. The fourth-order valence-electron chi connectivity index (χ4n) is 0.235. The van der Waals surface area contributed by atoms with E-state index in [0.29, 0.717) is 0 Å². The van der Waals surface area contributed by atoms with E-state index in [9.17, 15) is 8.76 Å². The normalized spacial score (nSPS) is 14.5. The largest absolute Gasteiger partial charge is 0.771 e. The maximum atomic E-state index is 9.84. The van der Waals surface area contributed by atoms with Crippen LogP contribution in [-0.4, -0.2) is 20.7 Å². The highest BCUT2D eigenvalue weighted by atomic mass is 32.2. The second-order valence-corrected chi connectivity index (χ2v) is 2.70. The zero-order valence-corrected chi connectivity index (χ0v) is 5.83. The lowest BCUT2D eigenvalue weighted by atomic mass is 10.4. The summed E-state index contributed by atoms with van der Waals surface area (Å²) >= 11 is -1.95. The SMILES string of the molecule is CC(C)NCS(=O)[O-]. The van der Waals surface area contributed by atoms with E-state index in [-0.39, 0.29) is 11.9 Å². The minimum Gasteiger partial charge on any atom is -0.771 e. The smallest absolute Gasteiger partial charge is 0.0590 e. The molecule has 50 valence electrons. The molecule has 0 aromatic rings. The summed E-state index contributed by atoms with van der Waals surface area (Å²) in [7, 11) is 0. The first-order valence-electron chi connectivity index (χ1n) is 2.42. The Hall–Kier alpha value is 0.0700. The number of hydrogen-bond acceptors (Lipinski definition) is 3. The first kappa shape index (κ1) is 8.07. The molecule has 0 aromatic carbocycles. The van der Waals surface area contributed by atoms with Gasteiger partial charge in [0, 0.05) is 6.04 Å². The van der Waals surface area contributed by atoms with Gasteiger partial charge in [0.25, 0.3) is 0 Å². The summed E-state index contributed by atoms with van der Waals surface area (Å²) in [6.45, 7) is 3.79. The van der Waals surface area contributed by atoms with Gasteiger partial charge in [-0.05, 0) is 11.1 Å². The van der Waals surface area contributed by atoms with Gasteiger partial charge in [0.05, 0.1) is 5.88 Å². The maximum Gasteiger partial charge on any atom is 0.0590 e. The molecule has 8 heavy (non-hydrogen) atoms.